The summed E-state index contributed by atoms with van der Waals surface area (Å²) < 4.78 is 37.4. The van der Waals surface area contributed by atoms with Crippen molar-refractivity contribution < 1.29 is 18.0 Å². The fraction of sp³-hybridized carbons (Fsp3) is 0.533. The number of hydrogen-bond donors (Lipinski definition) is 1. The van der Waals surface area contributed by atoms with Crippen LogP contribution in [0, 0.1) is 0 Å². The summed E-state index contributed by atoms with van der Waals surface area (Å²) in [5.74, 6) is -0.0649. The molecule has 0 radical (unpaired) electrons. The molecular formula is C15H19F3N2O. The van der Waals surface area contributed by atoms with Gasteiger partial charge in [0, 0.05) is 19.1 Å². The highest BCUT2D eigenvalue weighted by molar-refractivity contribution is 5.79. The van der Waals surface area contributed by atoms with E-state index in [9.17, 15) is 18.0 Å². The molecule has 21 heavy (non-hydrogen) atoms. The summed E-state index contributed by atoms with van der Waals surface area (Å²) in [6.45, 7) is 0.902. The van der Waals surface area contributed by atoms with Gasteiger partial charge in [-0.3, -0.25) is 4.79 Å². The Morgan fingerprint density at radius 1 is 1.24 bits per heavy atom. The number of nitrogens with zero attached hydrogens (tertiary/aromatic N) is 1. The van der Waals surface area contributed by atoms with Crippen LogP contribution in [0.1, 0.15) is 30.4 Å². The van der Waals surface area contributed by atoms with Crippen LogP contribution in [0.25, 0.3) is 0 Å². The van der Waals surface area contributed by atoms with Gasteiger partial charge in [-0.05, 0) is 37.0 Å². The molecule has 0 bridgehead atoms. The lowest BCUT2D eigenvalue weighted by Crippen LogP contribution is -2.47. The molecule has 0 aliphatic heterocycles. The van der Waals surface area contributed by atoms with Gasteiger partial charge >= 0.3 is 6.18 Å². The van der Waals surface area contributed by atoms with E-state index in [1.165, 1.54) is 12.1 Å². The molecule has 0 heterocycles. The Morgan fingerprint density at radius 2 is 1.86 bits per heavy atom. The van der Waals surface area contributed by atoms with E-state index < -0.39 is 11.7 Å². The van der Waals surface area contributed by atoms with Crippen LogP contribution in [0.3, 0.4) is 0 Å². The molecule has 1 aromatic carbocycles. The zero-order valence-corrected chi connectivity index (χ0v) is 11.7. The minimum Gasteiger partial charge on any atom is -0.338 e. The highest BCUT2D eigenvalue weighted by Gasteiger charge is 2.30. The second-order valence-electron chi connectivity index (χ2n) is 5.33. The Balaban J connectivity index is 2.00. The molecule has 0 unspecified atom stereocenters. The molecule has 1 aliphatic carbocycles. The summed E-state index contributed by atoms with van der Waals surface area (Å²) >= 11 is 0. The summed E-state index contributed by atoms with van der Waals surface area (Å²) in [5.41, 5.74) is 5.42. The number of benzene rings is 1. The van der Waals surface area contributed by atoms with E-state index in [1.54, 1.807) is 4.90 Å². The summed E-state index contributed by atoms with van der Waals surface area (Å²) in [6, 6.07) is 5.00. The van der Waals surface area contributed by atoms with Crippen molar-refractivity contribution in [2.75, 3.05) is 13.1 Å². The third-order valence-corrected chi connectivity index (χ3v) is 3.84. The summed E-state index contributed by atoms with van der Waals surface area (Å²) in [7, 11) is 0. The van der Waals surface area contributed by atoms with Crippen LogP contribution in [-0.4, -0.2) is 29.9 Å². The van der Waals surface area contributed by atoms with Gasteiger partial charge in [-0.1, -0.05) is 12.1 Å². The summed E-state index contributed by atoms with van der Waals surface area (Å²) in [5, 5.41) is 0. The van der Waals surface area contributed by atoms with Gasteiger partial charge < -0.3 is 10.6 Å². The first-order chi connectivity index (χ1) is 9.91. The van der Waals surface area contributed by atoms with Crippen molar-refractivity contribution in [3.05, 3.63) is 35.4 Å². The minimum absolute atomic E-state index is 0.0649. The maximum Gasteiger partial charge on any atom is 0.416 e. The highest BCUT2D eigenvalue weighted by atomic mass is 19.4. The van der Waals surface area contributed by atoms with Gasteiger partial charge in [-0.2, -0.15) is 13.2 Å². The van der Waals surface area contributed by atoms with Crippen LogP contribution in [0.4, 0.5) is 13.2 Å². The molecule has 0 saturated heterocycles. The smallest absolute Gasteiger partial charge is 0.338 e. The van der Waals surface area contributed by atoms with Crippen molar-refractivity contribution in [2.24, 2.45) is 5.73 Å². The maximum atomic E-state index is 12.5. The lowest BCUT2D eigenvalue weighted by Gasteiger charge is -2.37. The quantitative estimate of drug-likeness (QED) is 0.908. The molecule has 1 amide bonds. The zero-order valence-electron chi connectivity index (χ0n) is 11.7. The lowest BCUT2D eigenvalue weighted by atomic mass is 9.91. The molecule has 1 aliphatic rings. The zero-order chi connectivity index (χ0) is 15.5. The number of halogens is 3. The number of alkyl halides is 3. The maximum absolute atomic E-state index is 12.5. The van der Waals surface area contributed by atoms with Crippen LogP contribution in [0.15, 0.2) is 24.3 Å². The molecule has 2 rings (SSSR count). The molecule has 1 aromatic rings. The van der Waals surface area contributed by atoms with E-state index in [0.29, 0.717) is 18.7 Å². The lowest BCUT2D eigenvalue weighted by molar-refractivity contribution is -0.137. The Kier molecular flexibility index (Phi) is 4.88. The predicted molar refractivity (Wildman–Crippen MR) is 73.6 cm³/mol. The first-order valence-electron chi connectivity index (χ1n) is 7.07. The van der Waals surface area contributed by atoms with Gasteiger partial charge in [0.15, 0.2) is 0 Å². The van der Waals surface area contributed by atoms with Gasteiger partial charge in [0.25, 0.3) is 0 Å². The fourth-order valence-electron chi connectivity index (χ4n) is 2.44. The average Bonchev–Trinajstić information content (AvgIpc) is 2.35. The molecule has 0 spiro atoms. The third-order valence-electron chi connectivity index (χ3n) is 3.84. The van der Waals surface area contributed by atoms with E-state index in [-0.39, 0.29) is 18.4 Å². The number of amides is 1. The molecule has 116 valence electrons. The minimum atomic E-state index is -4.35. The van der Waals surface area contributed by atoms with Gasteiger partial charge in [-0.25, -0.2) is 0 Å². The van der Waals surface area contributed by atoms with Crippen LogP contribution >= 0.6 is 0 Å². The first-order valence-corrected chi connectivity index (χ1v) is 7.07. The Hall–Kier alpha value is -1.56. The number of carbonyl (C=O) groups excluding carboxylic acids is 1. The van der Waals surface area contributed by atoms with Crippen molar-refractivity contribution in [2.45, 2.75) is 37.9 Å². The van der Waals surface area contributed by atoms with E-state index in [4.69, 9.17) is 5.73 Å². The number of carbonyl (C=O) groups is 1. The molecule has 1 fully saturated rings. The highest BCUT2D eigenvalue weighted by Crippen LogP contribution is 2.29. The molecule has 2 N–H and O–H groups in total. The molecule has 0 atom stereocenters. The third kappa shape index (κ3) is 3.97. The largest absolute Gasteiger partial charge is 0.416 e. The van der Waals surface area contributed by atoms with Gasteiger partial charge in [-0.15, -0.1) is 0 Å². The molecule has 0 aromatic heterocycles. The summed E-state index contributed by atoms with van der Waals surface area (Å²) in [6.07, 6.45) is -1.15. The van der Waals surface area contributed by atoms with Crippen molar-refractivity contribution in [1.29, 1.82) is 0 Å². The Morgan fingerprint density at radius 3 is 2.29 bits per heavy atom. The molecule has 1 saturated carbocycles. The van der Waals surface area contributed by atoms with Crippen molar-refractivity contribution in [3.63, 3.8) is 0 Å². The van der Waals surface area contributed by atoms with Gasteiger partial charge in [0.2, 0.25) is 5.91 Å². The van der Waals surface area contributed by atoms with Crippen molar-refractivity contribution in [3.8, 4) is 0 Å². The van der Waals surface area contributed by atoms with E-state index >= 15 is 0 Å². The molecular weight excluding hydrogens is 281 g/mol. The van der Waals surface area contributed by atoms with E-state index in [1.807, 2.05) is 0 Å². The topological polar surface area (TPSA) is 46.3 Å². The SMILES string of the molecule is NCCN(C(=O)Cc1ccc(C(F)(F)F)cc1)C1CCC1. The van der Waals surface area contributed by atoms with Crippen molar-refractivity contribution >= 4 is 5.91 Å². The van der Waals surface area contributed by atoms with Crippen LogP contribution in [0.5, 0.6) is 0 Å². The number of nitrogens with two attached hydrogens (primary N) is 1. The van der Waals surface area contributed by atoms with Gasteiger partial charge in [0.1, 0.15) is 0 Å². The monoisotopic (exact) mass is 300 g/mol. The van der Waals surface area contributed by atoms with Gasteiger partial charge in [0.05, 0.1) is 12.0 Å². The fourth-order valence-corrected chi connectivity index (χ4v) is 2.44. The van der Waals surface area contributed by atoms with E-state index in [0.717, 1.165) is 31.4 Å². The first kappa shape index (κ1) is 15.8. The van der Waals surface area contributed by atoms with Crippen LogP contribution < -0.4 is 5.73 Å². The second-order valence-corrected chi connectivity index (χ2v) is 5.33. The normalized spacial score (nSPS) is 15.6. The Bertz CT molecular complexity index is 481. The van der Waals surface area contributed by atoms with Crippen LogP contribution in [-0.2, 0) is 17.4 Å². The average molecular weight is 300 g/mol. The van der Waals surface area contributed by atoms with Crippen LogP contribution in [0.2, 0.25) is 0 Å². The summed E-state index contributed by atoms with van der Waals surface area (Å²) in [4.78, 5) is 14.0. The number of hydrogen-bond acceptors (Lipinski definition) is 2. The van der Waals surface area contributed by atoms with Crippen molar-refractivity contribution in [1.82, 2.24) is 4.90 Å². The predicted octanol–water partition coefficient (Wildman–Crippen LogP) is 2.59. The standard InChI is InChI=1S/C15H19F3N2O/c16-15(17,18)12-6-4-11(5-7-12)10-14(21)20(9-8-19)13-2-1-3-13/h4-7,13H,1-3,8-10,19H2. The number of rotatable bonds is 5. The second kappa shape index (κ2) is 6.47. The Labute approximate surface area is 121 Å². The van der Waals surface area contributed by atoms with E-state index in [2.05, 4.69) is 0 Å². The molecule has 3 nitrogen and oxygen atoms in total. The molecule has 6 heteroatoms.